The summed E-state index contributed by atoms with van der Waals surface area (Å²) in [6.07, 6.45) is 6.11. The van der Waals surface area contributed by atoms with E-state index in [2.05, 4.69) is 28.6 Å². The Hall–Kier alpha value is -0.870. The Bertz CT molecular complexity index is 452. The molecular formula is C16H28N4. The van der Waals surface area contributed by atoms with E-state index in [1.807, 2.05) is 0 Å². The van der Waals surface area contributed by atoms with Crippen LogP contribution in [0.4, 0.5) is 0 Å². The van der Waals surface area contributed by atoms with Crippen LogP contribution in [0.5, 0.6) is 0 Å². The molecule has 0 spiro atoms. The molecule has 1 unspecified atom stereocenters. The number of aromatic nitrogens is 2. The Kier molecular flexibility index (Phi) is 4.41. The van der Waals surface area contributed by atoms with Gasteiger partial charge in [0.2, 0.25) is 0 Å². The van der Waals surface area contributed by atoms with Crippen LogP contribution < -0.4 is 5.32 Å². The van der Waals surface area contributed by atoms with Crippen molar-refractivity contribution in [1.29, 1.82) is 0 Å². The number of imidazole rings is 1. The van der Waals surface area contributed by atoms with E-state index in [9.17, 15) is 0 Å². The molecule has 0 aromatic carbocycles. The van der Waals surface area contributed by atoms with Gasteiger partial charge in [-0.3, -0.25) is 0 Å². The molecule has 1 fully saturated rings. The molecule has 112 valence electrons. The highest BCUT2D eigenvalue weighted by molar-refractivity contribution is 5.22. The largest absolute Gasteiger partial charge is 0.327 e. The molecule has 0 aliphatic carbocycles. The number of nitrogens with one attached hydrogen (secondary N) is 1. The smallest absolute Gasteiger partial charge is 0.109 e. The second-order valence-corrected chi connectivity index (χ2v) is 6.16. The second kappa shape index (κ2) is 6.27. The number of likely N-dealkylation sites (tertiary alicyclic amines) is 1. The molecule has 20 heavy (non-hydrogen) atoms. The van der Waals surface area contributed by atoms with Crippen LogP contribution in [0.2, 0.25) is 0 Å². The summed E-state index contributed by atoms with van der Waals surface area (Å²) < 4.78 is 2.63. The highest BCUT2D eigenvalue weighted by Gasteiger charge is 2.27. The van der Waals surface area contributed by atoms with Gasteiger partial charge in [0.25, 0.3) is 0 Å². The van der Waals surface area contributed by atoms with E-state index < -0.39 is 0 Å². The van der Waals surface area contributed by atoms with Gasteiger partial charge in [0.1, 0.15) is 5.82 Å². The predicted octanol–water partition coefficient (Wildman–Crippen LogP) is 2.14. The minimum Gasteiger partial charge on any atom is -0.327 e. The van der Waals surface area contributed by atoms with Crippen LogP contribution in [0.3, 0.4) is 0 Å². The first-order valence-corrected chi connectivity index (χ1v) is 8.35. The zero-order chi connectivity index (χ0) is 13.9. The van der Waals surface area contributed by atoms with E-state index in [0.29, 0.717) is 6.04 Å². The lowest BCUT2D eigenvalue weighted by Gasteiger charge is -2.34. The normalized spacial score (nSPS) is 23.8. The minimum atomic E-state index is 0.652. The standard InChI is InChI=1S/C16H28N4/c1-3-6-16-18-14-11-17-9-8-15(14)20(16)13-7-5-10-19(4-2)12-13/h13,17H,3-12H2,1-2H3. The molecule has 0 amide bonds. The maximum atomic E-state index is 4.95. The molecule has 3 rings (SSSR count). The summed E-state index contributed by atoms with van der Waals surface area (Å²) >= 11 is 0. The fourth-order valence-electron chi connectivity index (χ4n) is 3.75. The maximum absolute atomic E-state index is 4.95. The van der Waals surface area contributed by atoms with Gasteiger partial charge in [-0.05, 0) is 32.4 Å². The van der Waals surface area contributed by atoms with Crippen molar-refractivity contribution in [2.45, 2.75) is 58.5 Å². The Morgan fingerprint density at radius 2 is 2.25 bits per heavy atom. The predicted molar refractivity (Wildman–Crippen MR) is 82.0 cm³/mol. The lowest BCUT2D eigenvalue weighted by molar-refractivity contribution is 0.181. The number of hydrogen-bond acceptors (Lipinski definition) is 3. The zero-order valence-electron chi connectivity index (χ0n) is 13.0. The van der Waals surface area contributed by atoms with Gasteiger partial charge in [-0.25, -0.2) is 4.98 Å². The van der Waals surface area contributed by atoms with E-state index in [4.69, 9.17) is 4.98 Å². The van der Waals surface area contributed by atoms with Crippen molar-refractivity contribution in [1.82, 2.24) is 19.8 Å². The molecule has 3 heterocycles. The molecular weight excluding hydrogens is 248 g/mol. The van der Waals surface area contributed by atoms with E-state index in [1.54, 1.807) is 0 Å². The molecule has 4 heteroatoms. The molecule has 1 aromatic heterocycles. The maximum Gasteiger partial charge on any atom is 0.109 e. The highest BCUT2D eigenvalue weighted by atomic mass is 15.2. The molecule has 0 saturated carbocycles. The van der Waals surface area contributed by atoms with Crippen LogP contribution in [0.15, 0.2) is 0 Å². The fraction of sp³-hybridized carbons (Fsp3) is 0.812. The van der Waals surface area contributed by atoms with E-state index >= 15 is 0 Å². The van der Waals surface area contributed by atoms with Crippen molar-refractivity contribution in [2.24, 2.45) is 0 Å². The topological polar surface area (TPSA) is 33.1 Å². The van der Waals surface area contributed by atoms with Gasteiger partial charge in [0.05, 0.1) is 5.69 Å². The molecule has 1 N–H and O–H groups in total. The molecule has 1 atom stereocenters. The second-order valence-electron chi connectivity index (χ2n) is 6.16. The average Bonchev–Trinajstić information content (AvgIpc) is 2.85. The van der Waals surface area contributed by atoms with Gasteiger partial charge in [-0.2, -0.15) is 0 Å². The quantitative estimate of drug-likeness (QED) is 0.914. The minimum absolute atomic E-state index is 0.652. The number of fused-ring (bicyclic) bond motifs is 1. The number of nitrogens with zero attached hydrogens (tertiary/aromatic N) is 3. The molecule has 1 aromatic rings. The summed E-state index contributed by atoms with van der Waals surface area (Å²) in [4.78, 5) is 7.54. The first kappa shape index (κ1) is 14.1. The third-order valence-electron chi connectivity index (χ3n) is 4.76. The van der Waals surface area contributed by atoms with Crippen LogP contribution in [-0.2, 0) is 19.4 Å². The molecule has 4 nitrogen and oxygen atoms in total. The summed E-state index contributed by atoms with van der Waals surface area (Å²) in [6, 6.07) is 0.652. The van der Waals surface area contributed by atoms with Gasteiger partial charge < -0.3 is 14.8 Å². The summed E-state index contributed by atoms with van der Waals surface area (Å²) in [7, 11) is 0. The summed E-state index contributed by atoms with van der Waals surface area (Å²) in [6.45, 7) is 10.3. The highest BCUT2D eigenvalue weighted by Crippen LogP contribution is 2.28. The number of rotatable bonds is 4. The van der Waals surface area contributed by atoms with Gasteiger partial charge in [0, 0.05) is 44.2 Å². The molecule has 2 aliphatic heterocycles. The van der Waals surface area contributed by atoms with Crippen LogP contribution >= 0.6 is 0 Å². The first-order chi connectivity index (χ1) is 9.83. The number of hydrogen-bond donors (Lipinski definition) is 1. The first-order valence-electron chi connectivity index (χ1n) is 8.35. The van der Waals surface area contributed by atoms with Crippen molar-refractivity contribution in [3.05, 3.63) is 17.2 Å². The lowest BCUT2D eigenvalue weighted by atomic mass is 10.0. The Labute approximate surface area is 122 Å². The van der Waals surface area contributed by atoms with Crippen molar-refractivity contribution in [2.75, 3.05) is 26.2 Å². The van der Waals surface area contributed by atoms with Crippen molar-refractivity contribution >= 4 is 0 Å². The van der Waals surface area contributed by atoms with E-state index in [0.717, 1.165) is 25.9 Å². The number of piperidine rings is 1. The SMILES string of the molecule is CCCc1nc2c(n1C1CCCN(CC)C1)CCNC2. The fourth-order valence-corrected chi connectivity index (χ4v) is 3.75. The molecule has 0 radical (unpaired) electrons. The van der Waals surface area contributed by atoms with E-state index in [1.165, 1.54) is 56.1 Å². The van der Waals surface area contributed by atoms with Gasteiger partial charge in [-0.15, -0.1) is 0 Å². The van der Waals surface area contributed by atoms with Crippen LogP contribution in [0.1, 0.15) is 56.4 Å². The Balaban J connectivity index is 1.91. The molecule has 2 aliphatic rings. The van der Waals surface area contributed by atoms with Gasteiger partial charge >= 0.3 is 0 Å². The summed E-state index contributed by atoms with van der Waals surface area (Å²) in [5.74, 6) is 1.34. The monoisotopic (exact) mass is 276 g/mol. The van der Waals surface area contributed by atoms with Gasteiger partial charge in [-0.1, -0.05) is 13.8 Å². The summed E-state index contributed by atoms with van der Waals surface area (Å²) in [5.41, 5.74) is 2.84. The Morgan fingerprint density at radius 3 is 3.05 bits per heavy atom. The number of likely N-dealkylation sites (N-methyl/N-ethyl adjacent to an activating group) is 1. The lowest BCUT2D eigenvalue weighted by Crippen LogP contribution is -2.38. The Morgan fingerprint density at radius 1 is 1.35 bits per heavy atom. The van der Waals surface area contributed by atoms with Gasteiger partial charge in [0.15, 0.2) is 0 Å². The zero-order valence-corrected chi connectivity index (χ0v) is 13.0. The van der Waals surface area contributed by atoms with Crippen molar-refractivity contribution < 1.29 is 0 Å². The van der Waals surface area contributed by atoms with Crippen molar-refractivity contribution in [3.8, 4) is 0 Å². The molecule has 1 saturated heterocycles. The van der Waals surface area contributed by atoms with E-state index in [-0.39, 0.29) is 0 Å². The third kappa shape index (κ3) is 2.63. The number of aryl methyl sites for hydroxylation is 1. The van der Waals surface area contributed by atoms with Crippen LogP contribution in [-0.4, -0.2) is 40.6 Å². The van der Waals surface area contributed by atoms with Crippen LogP contribution in [0, 0.1) is 0 Å². The van der Waals surface area contributed by atoms with Crippen molar-refractivity contribution in [3.63, 3.8) is 0 Å². The summed E-state index contributed by atoms with van der Waals surface area (Å²) in [5, 5.41) is 3.46. The third-order valence-corrected chi connectivity index (χ3v) is 4.76. The van der Waals surface area contributed by atoms with Crippen LogP contribution in [0.25, 0.3) is 0 Å². The molecule has 0 bridgehead atoms. The average molecular weight is 276 g/mol.